The Morgan fingerprint density at radius 3 is 2.75 bits per heavy atom. The number of rotatable bonds is 4. The lowest BCUT2D eigenvalue weighted by Gasteiger charge is -2.12. The molecule has 0 saturated heterocycles. The summed E-state index contributed by atoms with van der Waals surface area (Å²) in [5.41, 5.74) is 0.0104. The number of amides is 1. The Hall–Kier alpha value is -2.50. The number of carbonyl (C=O) groups is 1. The number of nitrogens with one attached hydrogen (secondary N) is 1. The number of nitrogens with zero attached hydrogens (tertiary/aromatic N) is 3. The zero-order valence-electron chi connectivity index (χ0n) is 11.3. The molecule has 1 heterocycles. The second kappa shape index (κ2) is 6.10. The first-order valence-corrected chi connectivity index (χ1v) is 6.10. The number of hydrogen-bond donors (Lipinski definition) is 1. The summed E-state index contributed by atoms with van der Waals surface area (Å²) in [5.74, 6) is 0.186. The Kier molecular flexibility index (Phi) is 4.24. The first-order valence-electron chi connectivity index (χ1n) is 6.10. The summed E-state index contributed by atoms with van der Waals surface area (Å²) in [6, 6.07) is 7.60. The van der Waals surface area contributed by atoms with Crippen molar-refractivity contribution in [3.05, 3.63) is 53.7 Å². The van der Waals surface area contributed by atoms with Gasteiger partial charge in [-0.3, -0.25) is 4.79 Å². The van der Waals surface area contributed by atoms with E-state index < -0.39 is 11.7 Å². The maximum absolute atomic E-state index is 13.4. The van der Waals surface area contributed by atoms with Crippen LogP contribution in [0.3, 0.4) is 0 Å². The van der Waals surface area contributed by atoms with Gasteiger partial charge in [0.25, 0.3) is 5.91 Å². The lowest BCUT2D eigenvalue weighted by molar-refractivity contribution is 0.0946. The molecule has 1 amide bonds. The van der Waals surface area contributed by atoms with Crippen LogP contribution in [0.25, 0.3) is 0 Å². The molecule has 2 aromatic rings. The molecule has 0 fully saturated rings. The van der Waals surface area contributed by atoms with Crippen LogP contribution in [0.5, 0.6) is 0 Å². The van der Waals surface area contributed by atoms with Crippen molar-refractivity contribution >= 4 is 11.7 Å². The predicted molar refractivity (Wildman–Crippen MR) is 73.9 cm³/mol. The van der Waals surface area contributed by atoms with Crippen molar-refractivity contribution in [2.75, 3.05) is 19.0 Å². The molecule has 0 spiro atoms. The molecule has 0 aliphatic heterocycles. The van der Waals surface area contributed by atoms with Crippen LogP contribution < -0.4 is 10.2 Å². The number of hydrogen-bond acceptors (Lipinski definition) is 4. The molecule has 0 atom stereocenters. The molecule has 0 radical (unpaired) electrons. The molecule has 20 heavy (non-hydrogen) atoms. The van der Waals surface area contributed by atoms with E-state index in [-0.39, 0.29) is 12.1 Å². The average Bonchev–Trinajstić information content (AvgIpc) is 2.45. The zero-order chi connectivity index (χ0) is 14.5. The van der Waals surface area contributed by atoms with Crippen molar-refractivity contribution < 1.29 is 9.18 Å². The van der Waals surface area contributed by atoms with Gasteiger partial charge in [-0.1, -0.05) is 12.1 Å². The second-order valence-corrected chi connectivity index (χ2v) is 4.39. The molecule has 1 N–H and O–H groups in total. The van der Waals surface area contributed by atoms with Crippen LogP contribution in [0, 0.1) is 5.82 Å². The summed E-state index contributed by atoms with van der Waals surface area (Å²) in [6.45, 7) is 0.148. The number of aromatic nitrogens is 2. The third-order valence-electron chi connectivity index (χ3n) is 2.67. The van der Waals surface area contributed by atoms with Gasteiger partial charge in [-0.15, -0.1) is 0 Å². The smallest absolute Gasteiger partial charge is 0.254 e. The topological polar surface area (TPSA) is 58.1 Å². The molecular weight excluding hydrogens is 259 g/mol. The first kappa shape index (κ1) is 13.9. The highest BCUT2D eigenvalue weighted by molar-refractivity contribution is 5.94. The Labute approximate surface area is 116 Å². The van der Waals surface area contributed by atoms with Crippen molar-refractivity contribution in [2.24, 2.45) is 0 Å². The summed E-state index contributed by atoms with van der Waals surface area (Å²) in [5, 5.41) is 2.60. The zero-order valence-corrected chi connectivity index (χ0v) is 11.3. The lowest BCUT2D eigenvalue weighted by Crippen LogP contribution is -2.25. The highest BCUT2D eigenvalue weighted by atomic mass is 19.1. The molecule has 0 bridgehead atoms. The summed E-state index contributed by atoms with van der Waals surface area (Å²) in [6.07, 6.45) is 1.62. The molecule has 1 aromatic carbocycles. The van der Waals surface area contributed by atoms with E-state index in [0.29, 0.717) is 5.82 Å². The van der Waals surface area contributed by atoms with E-state index in [1.54, 1.807) is 18.3 Å². The predicted octanol–water partition coefficient (Wildman–Crippen LogP) is 1.61. The van der Waals surface area contributed by atoms with Crippen molar-refractivity contribution in [3.63, 3.8) is 0 Å². The van der Waals surface area contributed by atoms with E-state index >= 15 is 0 Å². The Morgan fingerprint density at radius 1 is 1.30 bits per heavy atom. The molecule has 0 aliphatic carbocycles. The highest BCUT2D eigenvalue weighted by Crippen LogP contribution is 2.07. The van der Waals surface area contributed by atoms with Gasteiger partial charge in [0.05, 0.1) is 12.1 Å². The van der Waals surface area contributed by atoms with Gasteiger partial charge in [-0.25, -0.2) is 14.4 Å². The van der Waals surface area contributed by atoms with Gasteiger partial charge in [0.15, 0.2) is 0 Å². The fourth-order valence-electron chi connectivity index (χ4n) is 1.62. The Balaban J connectivity index is 2.04. The summed E-state index contributed by atoms with van der Waals surface area (Å²) < 4.78 is 13.4. The normalized spacial score (nSPS) is 10.2. The largest absolute Gasteiger partial charge is 0.363 e. The number of carbonyl (C=O) groups excluding carboxylic acids is 1. The van der Waals surface area contributed by atoms with Crippen LogP contribution in [0.4, 0.5) is 10.2 Å². The fourth-order valence-corrected chi connectivity index (χ4v) is 1.62. The highest BCUT2D eigenvalue weighted by Gasteiger charge is 2.11. The van der Waals surface area contributed by atoms with E-state index in [1.165, 1.54) is 18.2 Å². The number of halogens is 1. The van der Waals surface area contributed by atoms with Crippen molar-refractivity contribution in [3.8, 4) is 0 Å². The third kappa shape index (κ3) is 3.28. The molecule has 2 rings (SSSR count). The van der Waals surface area contributed by atoms with Crippen molar-refractivity contribution in [1.82, 2.24) is 15.3 Å². The van der Waals surface area contributed by atoms with Crippen LogP contribution in [-0.2, 0) is 6.54 Å². The molecular formula is C14H15FN4O. The molecule has 0 aliphatic rings. The Morgan fingerprint density at radius 2 is 2.05 bits per heavy atom. The molecule has 1 aromatic heterocycles. The van der Waals surface area contributed by atoms with Crippen LogP contribution in [0.15, 0.2) is 36.5 Å². The van der Waals surface area contributed by atoms with E-state index in [0.717, 1.165) is 5.82 Å². The summed E-state index contributed by atoms with van der Waals surface area (Å²) in [4.78, 5) is 22.0. The van der Waals surface area contributed by atoms with Gasteiger partial charge in [0, 0.05) is 20.3 Å². The van der Waals surface area contributed by atoms with E-state index in [1.807, 2.05) is 19.0 Å². The minimum absolute atomic E-state index is 0.0104. The number of benzene rings is 1. The number of anilines is 1. The SMILES string of the molecule is CN(C)c1ccnc(CNC(=O)c2ccccc2F)n1. The quantitative estimate of drug-likeness (QED) is 0.920. The van der Waals surface area contributed by atoms with Crippen LogP contribution >= 0.6 is 0 Å². The van der Waals surface area contributed by atoms with Crippen molar-refractivity contribution in [1.29, 1.82) is 0 Å². The van der Waals surface area contributed by atoms with Gasteiger partial charge < -0.3 is 10.2 Å². The average molecular weight is 274 g/mol. The van der Waals surface area contributed by atoms with E-state index in [9.17, 15) is 9.18 Å². The molecule has 6 heteroatoms. The first-order chi connectivity index (χ1) is 9.58. The van der Waals surface area contributed by atoms with Gasteiger partial charge in [-0.05, 0) is 18.2 Å². The van der Waals surface area contributed by atoms with E-state index in [2.05, 4.69) is 15.3 Å². The lowest BCUT2D eigenvalue weighted by atomic mass is 10.2. The van der Waals surface area contributed by atoms with Crippen LogP contribution in [0.2, 0.25) is 0 Å². The van der Waals surface area contributed by atoms with Crippen molar-refractivity contribution in [2.45, 2.75) is 6.54 Å². The minimum atomic E-state index is -0.548. The third-order valence-corrected chi connectivity index (χ3v) is 2.67. The monoisotopic (exact) mass is 274 g/mol. The maximum atomic E-state index is 13.4. The molecule has 5 nitrogen and oxygen atoms in total. The molecule has 0 saturated carbocycles. The van der Waals surface area contributed by atoms with Gasteiger partial charge in [-0.2, -0.15) is 0 Å². The van der Waals surface area contributed by atoms with Crippen LogP contribution in [-0.4, -0.2) is 30.0 Å². The fraction of sp³-hybridized carbons (Fsp3) is 0.214. The Bertz CT molecular complexity index is 616. The van der Waals surface area contributed by atoms with Gasteiger partial charge in [0.1, 0.15) is 17.5 Å². The summed E-state index contributed by atoms with van der Waals surface area (Å²) in [7, 11) is 3.73. The second-order valence-electron chi connectivity index (χ2n) is 4.39. The minimum Gasteiger partial charge on any atom is -0.363 e. The molecule has 104 valence electrons. The van der Waals surface area contributed by atoms with Gasteiger partial charge >= 0.3 is 0 Å². The standard InChI is InChI=1S/C14H15FN4O/c1-19(2)13-7-8-16-12(18-13)9-17-14(20)10-5-3-4-6-11(10)15/h3-8H,9H2,1-2H3,(H,17,20). The van der Waals surface area contributed by atoms with Crippen LogP contribution in [0.1, 0.15) is 16.2 Å². The summed E-state index contributed by atoms with van der Waals surface area (Å²) >= 11 is 0. The van der Waals surface area contributed by atoms with E-state index in [4.69, 9.17) is 0 Å². The maximum Gasteiger partial charge on any atom is 0.254 e. The van der Waals surface area contributed by atoms with Gasteiger partial charge in [0.2, 0.25) is 0 Å². The molecule has 0 unspecified atom stereocenters.